The Kier molecular flexibility index (Phi) is 7.14. The molecule has 0 N–H and O–H groups in total. The van der Waals surface area contributed by atoms with Crippen LogP contribution in [0.15, 0.2) is 0 Å². The van der Waals surface area contributed by atoms with E-state index in [1.165, 1.54) is 0 Å². The van der Waals surface area contributed by atoms with Crippen LogP contribution in [-0.2, 0) is 19.1 Å². The Morgan fingerprint density at radius 3 is 1.67 bits per heavy atom. The minimum absolute atomic E-state index is 0.0375. The van der Waals surface area contributed by atoms with Gasteiger partial charge in [0.2, 0.25) is 10.8 Å². The van der Waals surface area contributed by atoms with Crippen molar-refractivity contribution in [1.82, 2.24) is 0 Å². The maximum atomic E-state index is 10.8. The van der Waals surface area contributed by atoms with E-state index >= 15 is 0 Å². The van der Waals surface area contributed by atoms with Crippen LogP contribution in [-0.4, -0.2) is 38.2 Å². The number of hydrogen-bond donors (Lipinski definition) is 0. The van der Waals surface area contributed by atoms with Crippen molar-refractivity contribution in [3.63, 3.8) is 0 Å². The molecule has 15 heavy (non-hydrogen) atoms. The Morgan fingerprint density at radius 2 is 1.33 bits per heavy atom. The van der Waals surface area contributed by atoms with Crippen molar-refractivity contribution < 1.29 is 19.1 Å². The molecule has 0 bridgehead atoms. The predicted molar refractivity (Wildman–Crippen MR) is 46.4 cm³/mol. The molecule has 0 saturated carbocycles. The molecule has 0 amide bonds. The van der Waals surface area contributed by atoms with E-state index in [4.69, 9.17) is 10.8 Å². The van der Waals surface area contributed by atoms with Crippen LogP contribution in [0, 0.1) is 10.8 Å². The highest BCUT2D eigenvalue weighted by Crippen LogP contribution is 1.91. The lowest BCUT2D eigenvalue weighted by atomic mass is 10.4. The van der Waals surface area contributed by atoms with Crippen LogP contribution in [0.5, 0.6) is 0 Å². The smallest absolute Gasteiger partial charge is 0.338 e. The van der Waals surface area contributed by atoms with Crippen molar-refractivity contribution >= 4 is 11.9 Å². The number of hydrogen-bond acceptors (Lipinski definition) is 6. The zero-order chi connectivity index (χ0) is 11.5. The number of rotatable bonds is 6. The van der Waals surface area contributed by atoms with E-state index in [1.807, 2.05) is 0 Å². The van der Waals surface area contributed by atoms with Gasteiger partial charge in [-0.15, -0.1) is 0 Å². The summed E-state index contributed by atoms with van der Waals surface area (Å²) < 4.78 is 8.99. The van der Waals surface area contributed by atoms with Crippen LogP contribution >= 0.6 is 0 Å². The fourth-order valence-corrected chi connectivity index (χ4v) is 0.621. The van der Waals surface area contributed by atoms with Gasteiger partial charge in [-0.2, -0.15) is 0 Å². The quantitative estimate of drug-likeness (QED) is 0.270. The van der Waals surface area contributed by atoms with Crippen molar-refractivity contribution in [2.24, 2.45) is 0 Å². The SMILES string of the molecule is N#[N+]CCOC(=O)CC(=O)OCC[N+]#N. The second kappa shape index (κ2) is 8.38. The van der Waals surface area contributed by atoms with Crippen LogP contribution in [0.25, 0.3) is 9.95 Å². The summed E-state index contributed by atoms with van der Waals surface area (Å²) in [4.78, 5) is 27.1. The van der Waals surface area contributed by atoms with Crippen molar-refractivity contribution in [2.45, 2.75) is 6.42 Å². The van der Waals surface area contributed by atoms with Gasteiger partial charge in [0.25, 0.3) is 0 Å². The van der Waals surface area contributed by atoms with E-state index < -0.39 is 18.4 Å². The maximum Gasteiger partial charge on any atom is 0.338 e. The molecule has 0 aliphatic carbocycles. The molecule has 0 aromatic heterocycles. The van der Waals surface area contributed by atoms with E-state index in [0.717, 1.165) is 0 Å². The van der Waals surface area contributed by atoms with Crippen LogP contribution in [0.1, 0.15) is 6.42 Å². The molecule has 0 rings (SSSR count). The minimum Gasteiger partial charge on any atom is -0.457 e. The number of carbonyl (C=O) groups is 2. The molecule has 0 fully saturated rings. The molecule has 0 radical (unpaired) electrons. The van der Waals surface area contributed by atoms with Gasteiger partial charge in [0.05, 0.1) is 0 Å². The Hall–Kier alpha value is -2.22. The summed E-state index contributed by atoms with van der Waals surface area (Å²) in [5.41, 5.74) is 0. The first kappa shape index (κ1) is 12.8. The van der Waals surface area contributed by atoms with Gasteiger partial charge in [0, 0.05) is 0 Å². The Bertz CT molecular complexity index is 273. The monoisotopic (exact) mass is 214 g/mol. The predicted octanol–water partition coefficient (Wildman–Crippen LogP) is 0.169. The molecule has 0 atom stereocenters. The van der Waals surface area contributed by atoms with Crippen LogP contribution in [0.4, 0.5) is 0 Å². The lowest BCUT2D eigenvalue weighted by molar-refractivity contribution is -0.154. The van der Waals surface area contributed by atoms with E-state index in [-0.39, 0.29) is 26.3 Å². The van der Waals surface area contributed by atoms with Crippen molar-refractivity contribution in [1.29, 1.82) is 10.8 Å². The van der Waals surface area contributed by atoms with Gasteiger partial charge in [0.1, 0.15) is 16.4 Å². The minimum atomic E-state index is -0.760. The first-order valence-electron chi connectivity index (χ1n) is 4.13. The molecule has 80 valence electrons. The summed E-state index contributed by atoms with van der Waals surface area (Å²) in [7, 11) is 0. The Labute approximate surface area is 85.4 Å². The third-order valence-electron chi connectivity index (χ3n) is 1.20. The summed E-state index contributed by atoms with van der Waals surface area (Å²) in [6.45, 7) is -0.252. The van der Waals surface area contributed by atoms with Crippen molar-refractivity contribution in [3.05, 3.63) is 9.95 Å². The van der Waals surface area contributed by atoms with E-state index in [0.29, 0.717) is 0 Å². The molecule has 0 aromatic carbocycles. The van der Waals surface area contributed by atoms with Gasteiger partial charge in [-0.1, -0.05) is 0 Å². The lowest BCUT2D eigenvalue weighted by Crippen LogP contribution is -2.16. The highest BCUT2D eigenvalue weighted by Gasteiger charge is 2.13. The number of ether oxygens (including phenoxy) is 2. The summed E-state index contributed by atoms with van der Waals surface area (Å²) in [5, 5.41) is 16.0. The molecular weight excluding hydrogens is 204 g/mol. The summed E-state index contributed by atoms with van der Waals surface area (Å²) in [6.07, 6.45) is -0.517. The van der Waals surface area contributed by atoms with Crippen LogP contribution < -0.4 is 0 Å². The number of carbonyl (C=O) groups excluding carboxylic acids is 2. The first-order valence-corrected chi connectivity index (χ1v) is 4.13. The van der Waals surface area contributed by atoms with E-state index in [9.17, 15) is 9.59 Å². The van der Waals surface area contributed by atoms with Gasteiger partial charge in [-0.05, 0) is 0 Å². The summed E-state index contributed by atoms with van der Waals surface area (Å²) in [6, 6.07) is 0. The third-order valence-corrected chi connectivity index (χ3v) is 1.20. The molecule has 0 aliphatic rings. The summed E-state index contributed by atoms with van der Waals surface area (Å²) in [5.74, 6) is -1.52. The largest absolute Gasteiger partial charge is 0.457 e. The van der Waals surface area contributed by atoms with Crippen molar-refractivity contribution in [3.8, 4) is 0 Å². The van der Waals surface area contributed by atoms with Crippen LogP contribution in [0.3, 0.4) is 0 Å². The molecular formula is C7H10N4O4+2. The zero-order valence-electron chi connectivity index (χ0n) is 7.96. The van der Waals surface area contributed by atoms with E-state index in [2.05, 4.69) is 19.4 Å². The van der Waals surface area contributed by atoms with Gasteiger partial charge in [0.15, 0.2) is 13.2 Å². The maximum absolute atomic E-state index is 10.8. The number of diazo groups is 2. The standard InChI is InChI=1S/C7H10N4O4/c8-10-1-3-14-6(12)5-7(13)15-4-2-11-9/h1-5H2/q+2. The molecule has 8 heteroatoms. The fraction of sp³-hybridized carbons (Fsp3) is 0.714. The molecule has 0 spiro atoms. The van der Waals surface area contributed by atoms with Crippen LogP contribution in [0.2, 0.25) is 0 Å². The molecule has 0 aromatic rings. The van der Waals surface area contributed by atoms with Gasteiger partial charge in [-0.25, -0.2) is 0 Å². The van der Waals surface area contributed by atoms with Gasteiger partial charge < -0.3 is 9.47 Å². The zero-order valence-corrected chi connectivity index (χ0v) is 7.96. The molecule has 8 nitrogen and oxygen atoms in total. The van der Waals surface area contributed by atoms with Crippen molar-refractivity contribution in [2.75, 3.05) is 26.3 Å². The molecule has 0 aliphatic heterocycles. The van der Waals surface area contributed by atoms with E-state index in [1.54, 1.807) is 0 Å². The second-order valence-corrected chi connectivity index (χ2v) is 2.35. The Morgan fingerprint density at radius 1 is 0.933 bits per heavy atom. The highest BCUT2D eigenvalue weighted by molar-refractivity contribution is 5.91. The Balaban J connectivity index is 3.55. The normalized spacial score (nSPS) is 8.40. The van der Waals surface area contributed by atoms with Gasteiger partial charge in [-0.3, -0.25) is 9.59 Å². The lowest BCUT2D eigenvalue weighted by Gasteiger charge is -1.99. The summed E-state index contributed by atoms with van der Waals surface area (Å²) >= 11 is 0. The molecule has 0 heterocycles. The molecule has 0 unspecified atom stereocenters. The average molecular weight is 214 g/mol. The van der Waals surface area contributed by atoms with Gasteiger partial charge >= 0.3 is 25.0 Å². The topological polar surface area (TPSA) is 109 Å². The fourth-order valence-electron chi connectivity index (χ4n) is 0.621. The second-order valence-electron chi connectivity index (χ2n) is 2.35. The molecule has 0 saturated heterocycles. The average Bonchev–Trinajstić information content (AvgIpc) is 2.18. The first-order chi connectivity index (χ1) is 7.20. The number of nitrogens with zero attached hydrogens (tertiary/aromatic N) is 4. The highest BCUT2D eigenvalue weighted by atomic mass is 16.6. The number of esters is 2. The third kappa shape index (κ3) is 8.12.